The van der Waals surface area contributed by atoms with Crippen LogP contribution in [0.1, 0.15) is 19.4 Å². The zero-order valence-electron chi connectivity index (χ0n) is 10.4. The van der Waals surface area contributed by atoms with Crippen molar-refractivity contribution in [1.29, 1.82) is 0 Å². The van der Waals surface area contributed by atoms with Crippen LogP contribution in [0.4, 0.5) is 0 Å². The number of hydrogen-bond donors (Lipinski definition) is 0. The Morgan fingerprint density at radius 3 is 2.44 bits per heavy atom. The molecule has 16 heavy (non-hydrogen) atoms. The van der Waals surface area contributed by atoms with E-state index in [0.717, 1.165) is 13.1 Å². The molecule has 92 valence electrons. The lowest BCUT2D eigenvalue weighted by Gasteiger charge is -2.17. The van der Waals surface area contributed by atoms with Gasteiger partial charge in [0.15, 0.2) is 0 Å². The highest BCUT2D eigenvalue weighted by Gasteiger charge is 1.99. The predicted octanol–water partition coefficient (Wildman–Crippen LogP) is 3.85. The quantitative estimate of drug-likeness (QED) is 0.714. The van der Waals surface area contributed by atoms with E-state index >= 15 is 0 Å². The summed E-state index contributed by atoms with van der Waals surface area (Å²) in [7, 11) is 0. The normalized spacial score (nSPS) is 10.2. The molecular weight excluding hydrogens is 238 g/mol. The van der Waals surface area contributed by atoms with Gasteiger partial charge in [0.05, 0.1) is 0 Å². The van der Waals surface area contributed by atoms with Crippen LogP contribution in [0.25, 0.3) is 0 Å². The van der Waals surface area contributed by atoms with Crippen molar-refractivity contribution in [2.45, 2.75) is 25.7 Å². The summed E-state index contributed by atoms with van der Waals surface area (Å²) in [4.78, 5) is 3.85. The van der Waals surface area contributed by atoms with Gasteiger partial charge < -0.3 is 4.90 Å². The summed E-state index contributed by atoms with van der Waals surface area (Å²) < 4.78 is 0. The highest BCUT2D eigenvalue weighted by Crippen LogP contribution is 2.18. The van der Waals surface area contributed by atoms with Crippen LogP contribution < -0.4 is 0 Å². The molecule has 1 aromatic rings. The first-order valence-corrected chi connectivity index (χ1v) is 6.66. The molecule has 0 amide bonds. The summed E-state index contributed by atoms with van der Waals surface area (Å²) >= 11 is 1.95. The lowest BCUT2D eigenvalue weighted by atomic mass is 10.2. The Kier molecular flexibility index (Phi) is 8.81. The molecule has 0 aliphatic rings. The minimum Gasteiger partial charge on any atom is -0.303 e. The third kappa shape index (κ3) is 5.78. The van der Waals surface area contributed by atoms with Gasteiger partial charge in [-0.25, -0.2) is 0 Å². The molecule has 0 heterocycles. The summed E-state index contributed by atoms with van der Waals surface area (Å²) in [5, 5.41) is 0. The van der Waals surface area contributed by atoms with E-state index in [0.29, 0.717) is 0 Å². The van der Waals surface area contributed by atoms with Gasteiger partial charge in [-0.05, 0) is 32.1 Å². The van der Waals surface area contributed by atoms with Gasteiger partial charge in [0.25, 0.3) is 0 Å². The Hall–Kier alpha value is -0.180. The SMILES string of the molecule is CCN(CC)CCSc1cccc(C)c1.Cl. The van der Waals surface area contributed by atoms with Crippen molar-refractivity contribution in [2.24, 2.45) is 0 Å². The van der Waals surface area contributed by atoms with E-state index in [2.05, 4.69) is 49.9 Å². The average molecular weight is 260 g/mol. The first kappa shape index (κ1) is 15.8. The van der Waals surface area contributed by atoms with Gasteiger partial charge in [0.2, 0.25) is 0 Å². The van der Waals surface area contributed by atoms with E-state index in [1.165, 1.54) is 22.8 Å². The third-order valence-corrected chi connectivity index (χ3v) is 3.53. The lowest BCUT2D eigenvalue weighted by molar-refractivity contribution is 0.324. The van der Waals surface area contributed by atoms with E-state index in [4.69, 9.17) is 0 Å². The summed E-state index contributed by atoms with van der Waals surface area (Å²) in [6.07, 6.45) is 0. The van der Waals surface area contributed by atoms with Crippen LogP contribution in [0.3, 0.4) is 0 Å². The molecule has 0 saturated carbocycles. The molecule has 0 fully saturated rings. The van der Waals surface area contributed by atoms with E-state index in [-0.39, 0.29) is 12.4 Å². The van der Waals surface area contributed by atoms with Crippen LogP contribution in [0.15, 0.2) is 29.2 Å². The second-order valence-corrected chi connectivity index (χ2v) is 4.86. The average Bonchev–Trinajstić information content (AvgIpc) is 2.25. The lowest BCUT2D eigenvalue weighted by Crippen LogP contribution is -2.25. The summed E-state index contributed by atoms with van der Waals surface area (Å²) in [5.74, 6) is 1.19. The Morgan fingerprint density at radius 1 is 1.19 bits per heavy atom. The van der Waals surface area contributed by atoms with Crippen molar-refractivity contribution in [3.05, 3.63) is 29.8 Å². The molecule has 0 aliphatic carbocycles. The van der Waals surface area contributed by atoms with Gasteiger partial charge in [-0.15, -0.1) is 24.2 Å². The number of aryl methyl sites for hydroxylation is 1. The van der Waals surface area contributed by atoms with Crippen LogP contribution in [-0.4, -0.2) is 30.3 Å². The van der Waals surface area contributed by atoms with Crippen LogP contribution >= 0.6 is 24.2 Å². The minimum absolute atomic E-state index is 0. The van der Waals surface area contributed by atoms with Gasteiger partial charge in [0.1, 0.15) is 0 Å². The topological polar surface area (TPSA) is 3.24 Å². The molecule has 0 N–H and O–H groups in total. The molecule has 0 unspecified atom stereocenters. The standard InChI is InChI=1S/C13H21NS.ClH/c1-4-14(5-2)9-10-15-13-8-6-7-12(3)11-13;/h6-8,11H,4-5,9-10H2,1-3H3;1H. The highest BCUT2D eigenvalue weighted by atomic mass is 35.5. The van der Waals surface area contributed by atoms with Crippen LogP contribution in [0.5, 0.6) is 0 Å². The number of halogens is 1. The monoisotopic (exact) mass is 259 g/mol. The molecule has 1 aromatic carbocycles. The number of benzene rings is 1. The molecule has 1 nitrogen and oxygen atoms in total. The second-order valence-electron chi connectivity index (χ2n) is 3.69. The summed E-state index contributed by atoms with van der Waals surface area (Å²) in [5.41, 5.74) is 1.35. The van der Waals surface area contributed by atoms with Crippen molar-refractivity contribution in [3.63, 3.8) is 0 Å². The Morgan fingerprint density at radius 2 is 1.88 bits per heavy atom. The van der Waals surface area contributed by atoms with Gasteiger partial charge >= 0.3 is 0 Å². The van der Waals surface area contributed by atoms with Crippen LogP contribution in [-0.2, 0) is 0 Å². The Balaban J connectivity index is 0.00000225. The van der Waals surface area contributed by atoms with E-state index in [1.807, 2.05) is 11.8 Å². The van der Waals surface area contributed by atoms with Crippen molar-refractivity contribution in [3.8, 4) is 0 Å². The number of rotatable bonds is 6. The van der Waals surface area contributed by atoms with Crippen LogP contribution in [0, 0.1) is 6.92 Å². The molecule has 1 rings (SSSR count). The second kappa shape index (κ2) is 8.91. The largest absolute Gasteiger partial charge is 0.303 e. The minimum atomic E-state index is 0. The first-order valence-electron chi connectivity index (χ1n) is 5.68. The van der Waals surface area contributed by atoms with Gasteiger partial charge in [-0.2, -0.15) is 0 Å². The molecular formula is C13H22ClNS. The fraction of sp³-hybridized carbons (Fsp3) is 0.538. The molecule has 3 heteroatoms. The fourth-order valence-corrected chi connectivity index (χ4v) is 2.57. The molecule has 0 aromatic heterocycles. The smallest absolute Gasteiger partial charge is 0.0108 e. The summed E-state index contributed by atoms with van der Waals surface area (Å²) in [6, 6.07) is 8.73. The molecule has 0 radical (unpaired) electrons. The molecule has 0 atom stereocenters. The van der Waals surface area contributed by atoms with Gasteiger partial charge in [-0.3, -0.25) is 0 Å². The zero-order valence-corrected chi connectivity index (χ0v) is 12.0. The van der Waals surface area contributed by atoms with Crippen molar-refractivity contribution < 1.29 is 0 Å². The van der Waals surface area contributed by atoms with Crippen molar-refractivity contribution >= 4 is 24.2 Å². The van der Waals surface area contributed by atoms with Gasteiger partial charge in [0, 0.05) is 17.2 Å². The van der Waals surface area contributed by atoms with E-state index in [1.54, 1.807) is 0 Å². The molecule has 0 saturated heterocycles. The fourth-order valence-electron chi connectivity index (χ4n) is 1.54. The Labute approximate surface area is 110 Å². The van der Waals surface area contributed by atoms with Crippen LogP contribution in [0.2, 0.25) is 0 Å². The van der Waals surface area contributed by atoms with Crippen molar-refractivity contribution in [1.82, 2.24) is 4.90 Å². The number of thioether (sulfide) groups is 1. The number of nitrogens with zero attached hydrogens (tertiary/aromatic N) is 1. The van der Waals surface area contributed by atoms with E-state index < -0.39 is 0 Å². The molecule has 0 aliphatic heterocycles. The highest BCUT2D eigenvalue weighted by molar-refractivity contribution is 7.99. The molecule has 0 spiro atoms. The van der Waals surface area contributed by atoms with Crippen molar-refractivity contribution in [2.75, 3.05) is 25.4 Å². The number of hydrogen-bond acceptors (Lipinski definition) is 2. The maximum absolute atomic E-state index is 2.46. The Bertz CT molecular complexity index is 287. The zero-order chi connectivity index (χ0) is 11.1. The third-order valence-electron chi connectivity index (χ3n) is 2.56. The first-order chi connectivity index (χ1) is 7.26. The predicted molar refractivity (Wildman–Crippen MR) is 76.9 cm³/mol. The molecule has 0 bridgehead atoms. The van der Waals surface area contributed by atoms with E-state index in [9.17, 15) is 0 Å². The van der Waals surface area contributed by atoms with Gasteiger partial charge in [-0.1, -0.05) is 31.5 Å². The summed E-state index contributed by atoms with van der Waals surface area (Å²) in [6.45, 7) is 10.1. The maximum Gasteiger partial charge on any atom is 0.0108 e. The maximum atomic E-state index is 2.46.